The molecule has 0 aliphatic rings. The monoisotopic (exact) mass is 157 g/mol. The van der Waals surface area contributed by atoms with Gasteiger partial charge in [-0.1, -0.05) is 0 Å². The maximum atomic E-state index is 4.84. The van der Waals surface area contributed by atoms with Gasteiger partial charge in [-0.2, -0.15) is 4.98 Å². The molecular weight excluding hydrogens is 146 g/mol. The largest absolute Gasteiger partial charge is 0.375 e. The quantitative estimate of drug-likeness (QED) is 0.630. The summed E-state index contributed by atoms with van der Waals surface area (Å²) in [7, 11) is 5.28. The first kappa shape index (κ1) is 8.00. The number of aromatic nitrogens is 2. The summed E-state index contributed by atoms with van der Waals surface area (Å²) in [5.41, 5.74) is 0. The van der Waals surface area contributed by atoms with Gasteiger partial charge in [0.2, 0.25) is 0 Å². The van der Waals surface area contributed by atoms with Crippen molar-refractivity contribution in [3.05, 3.63) is 5.89 Å². The van der Waals surface area contributed by atoms with Gasteiger partial charge in [0.25, 0.3) is 11.8 Å². The fourth-order valence-corrected chi connectivity index (χ4v) is 0.610. The maximum absolute atomic E-state index is 4.84. The van der Waals surface area contributed by atoms with E-state index in [0.29, 0.717) is 18.4 Å². The van der Waals surface area contributed by atoms with E-state index in [4.69, 9.17) is 9.26 Å². The number of methoxy groups -OCH3 is 1. The number of rotatable bonds is 3. The van der Waals surface area contributed by atoms with Crippen molar-refractivity contribution < 1.29 is 9.26 Å². The van der Waals surface area contributed by atoms with Crippen molar-refractivity contribution in [2.24, 2.45) is 0 Å². The molecule has 0 saturated heterocycles. The van der Waals surface area contributed by atoms with Gasteiger partial charge in [0, 0.05) is 21.2 Å². The third kappa shape index (κ3) is 1.91. The van der Waals surface area contributed by atoms with Gasteiger partial charge in [0.15, 0.2) is 0 Å². The van der Waals surface area contributed by atoms with Crippen molar-refractivity contribution in [2.45, 2.75) is 6.61 Å². The van der Waals surface area contributed by atoms with Crippen molar-refractivity contribution in [1.29, 1.82) is 0 Å². The highest BCUT2D eigenvalue weighted by Gasteiger charge is 2.05. The van der Waals surface area contributed by atoms with Crippen LogP contribution in [-0.4, -0.2) is 31.3 Å². The van der Waals surface area contributed by atoms with Crippen molar-refractivity contribution in [1.82, 2.24) is 10.1 Å². The Bertz CT molecular complexity index is 221. The molecule has 0 spiro atoms. The minimum absolute atomic E-state index is 0.362. The van der Waals surface area contributed by atoms with Crippen LogP contribution in [-0.2, 0) is 11.3 Å². The van der Waals surface area contributed by atoms with Crippen molar-refractivity contribution >= 4 is 5.95 Å². The zero-order valence-corrected chi connectivity index (χ0v) is 6.87. The number of ether oxygens (including phenoxy) is 1. The molecule has 0 aliphatic heterocycles. The smallest absolute Gasteiger partial charge is 0.265 e. The van der Waals surface area contributed by atoms with Crippen molar-refractivity contribution in [2.75, 3.05) is 26.1 Å². The molecular formula is C6H11N3O2. The molecule has 5 heteroatoms. The highest BCUT2D eigenvalue weighted by molar-refractivity contribution is 5.23. The van der Waals surface area contributed by atoms with E-state index in [0.717, 1.165) is 0 Å². The summed E-state index contributed by atoms with van der Waals surface area (Å²) >= 11 is 0. The normalized spacial score (nSPS) is 10.1. The van der Waals surface area contributed by atoms with Crippen molar-refractivity contribution in [3.63, 3.8) is 0 Å². The molecule has 0 amide bonds. The molecule has 0 atom stereocenters. The summed E-state index contributed by atoms with van der Waals surface area (Å²) in [6, 6.07) is 0. The summed E-state index contributed by atoms with van der Waals surface area (Å²) in [6.45, 7) is 0.362. The molecule has 0 unspecified atom stereocenters. The maximum Gasteiger partial charge on any atom is 0.265 e. The minimum atomic E-state index is 0.362. The van der Waals surface area contributed by atoms with Crippen LogP contribution in [0.4, 0.5) is 5.95 Å². The number of hydrogen-bond donors (Lipinski definition) is 0. The molecule has 0 aliphatic carbocycles. The van der Waals surface area contributed by atoms with Crippen LogP contribution in [0.3, 0.4) is 0 Å². The second-order valence-electron chi connectivity index (χ2n) is 2.32. The summed E-state index contributed by atoms with van der Waals surface area (Å²) in [5.74, 6) is 1.06. The summed E-state index contributed by atoms with van der Waals surface area (Å²) in [4.78, 5) is 5.79. The highest BCUT2D eigenvalue weighted by Crippen LogP contribution is 2.05. The fraction of sp³-hybridized carbons (Fsp3) is 0.667. The Balaban J connectivity index is 2.66. The first-order valence-electron chi connectivity index (χ1n) is 3.23. The predicted molar refractivity (Wildman–Crippen MR) is 39.3 cm³/mol. The first-order valence-corrected chi connectivity index (χ1v) is 3.23. The standard InChI is InChI=1S/C6H11N3O2/c1-9(2)6-7-5(4-10-3)11-8-6/h4H2,1-3H3. The average molecular weight is 157 g/mol. The molecule has 0 radical (unpaired) electrons. The first-order chi connectivity index (χ1) is 5.24. The van der Waals surface area contributed by atoms with E-state index in [9.17, 15) is 0 Å². The Morgan fingerprint density at radius 1 is 1.55 bits per heavy atom. The van der Waals surface area contributed by atoms with E-state index in [1.165, 1.54) is 0 Å². The molecule has 0 N–H and O–H groups in total. The predicted octanol–water partition coefficient (Wildman–Crippen LogP) is 0.282. The number of hydrogen-bond acceptors (Lipinski definition) is 5. The highest BCUT2D eigenvalue weighted by atomic mass is 16.5. The van der Waals surface area contributed by atoms with Crippen LogP contribution in [0.15, 0.2) is 4.52 Å². The Kier molecular flexibility index (Phi) is 2.43. The second kappa shape index (κ2) is 3.34. The van der Waals surface area contributed by atoms with Crippen LogP contribution in [0.2, 0.25) is 0 Å². The lowest BCUT2D eigenvalue weighted by molar-refractivity contribution is 0.151. The van der Waals surface area contributed by atoms with E-state index in [2.05, 4.69) is 10.1 Å². The van der Waals surface area contributed by atoms with E-state index >= 15 is 0 Å². The molecule has 5 nitrogen and oxygen atoms in total. The SMILES string of the molecule is COCc1nc(N(C)C)no1. The molecule has 0 fully saturated rings. The summed E-state index contributed by atoms with van der Waals surface area (Å²) in [5, 5.41) is 3.69. The molecule has 1 aromatic heterocycles. The topological polar surface area (TPSA) is 51.4 Å². The van der Waals surface area contributed by atoms with Gasteiger partial charge >= 0.3 is 0 Å². The van der Waals surface area contributed by atoms with Gasteiger partial charge in [-0.3, -0.25) is 0 Å². The number of anilines is 1. The molecule has 0 bridgehead atoms. The van der Waals surface area contributed by atoms with Crippen LogP contribution in [0.25, 0.3) is 0 Å². The summed E-state index contributed by atoms with van der Waals surface area (Å²) in [6.07, 6.45) is 0. The van der Waals surface area contributed by atoms with Crippen molar-refractivity contribution in [3.8, 4) is 0 Å². The molecule has 0 aromatic carbocycles. The molecule has 1 heterocycles. The zero-order valence-electron chi connectivity index (χ0n) is 6.87. The fourth-order valence-electron chi connectivity index (χ4n) is 0.610. The van der Waals surface area contributed by atoms with Crippen LogP contribution in [0.1, 0.15) is 5.89 Å². The zero-order chi connectivity index (χ0) is 8.27. The molecule has 1 rings (SSSR count). The van der Waals surface area contributed by atoms with E-state index in [-0.39, 0.29) is 0 Å². The average Bonchev–Trinajstić information content (AvgIpc) is 2.37. The van der Waals surface area contributed by atoms with Gasteiger partial charge < -0.3 is 14.2 Å². The lowest BCUT2D eigenvalue weighted by atomic mass is 10.7. The molecule has 62 valence electrons. The van der Waals surface area contributed by atoms with E-state index < -0.39 is 0 Å². The molecule has 11 heavy (non-hydrogen) atoms. The third-order valence-corrected chi connectivity index (χ3v) is 1.13. The molecule has 0 saturated carbocycles. The summed E-state index contributed by atoms with van der Waals surface area (Å²) < 4.78 is 9.64. The Morgan fingerprint density at radius 3 is 2.73 bits per heavy atom. The van der Waals surface area contributed by atoms with Gasteiger partial charge in [-0.15, -0.1) is 0 Å². The Hall–Kier alpha value is -1.10. The van der Waals surface area contributed by atoms with Crippen LogP contribution >= 0.6 is 0 Å². The molecule has 1 aromatic rings. The second-order valence-corrected chi connectivity index (χ2v) is 2.32. The Labute approximate surface area is 64.9 Å². The van der Waals surface area contributed by atoms with Gasteiger partial charge in [0.05, 0.1) is 0 Å². The van der Waals surface area contributed by atoms with Crippen LogP contribution in [0.5, 0.6) is 0 Å². The lowest BCUT2D eigenvalue weighted by Gasteiger charge is -2.02. The number of nitrogens with zero attached hydrogens (tertiary/aromatic N) is 3. The van der Waals surface area contributed by atoms with Gasteiger partial charge in [-0.05, 0) is 5.16 Å². The Morgan fingerprint density at radius 2 is 2.27 bits per heavy atom. The van der Waals surface area contributed by atoms with E-state index in [1.807, 2.05) is 14.1 Å². The van der Waals surface area contributed by atoms with Crippen LogP contribution < -0.4 is 4.90 Å². The van der Waals surface area contributed by atoms with E-state index in [1.54, 1.807) is 12.0 Å². The lowest BCUT2D eigenvalue weighted by Crippen LogP contribution is -2.10. The van der Waals surface area contributed by atoms with Gasteiger partial charge in [-0.25, -0.2) is 0 Å². The minimum Gasteiger partial charge on any atom is -0.375 e. The third-order valence-electron chi connectivity index (χ3n) is 1.13. The van der Waals surface area contributed by atoms with Gasteiger partial charge in [0.1, 0.15) is 6.61 Å². The van der Waals surface area contributed by atoms with Crippen LogP contribution in [0, 0.1) is 0 Å².